The zero-order chi connectivity index (χ0) is 16.8. The minimum absolute atomic E-state index is 0.387. The van der Waals surface area contributed by atoms with Gasteiger partial charge in [0.25, 0.3) is 0 Å². The lowest BCUT2D eigenvalue weighted by Crippen LogP contribution is -2.32. The fraction of sp³-hybridized carbons (Fsp3) is 0.467. The zero-order valence-corrected chi connectivity index (χ0v) is 13.5. The molecule has 0 fully saturated rings. The van der Waals surface area contributed by atoms with Gasteiger partial charge in [-0.05, 0) is 38.8 Å². The van der Waals surface area contributed by atoms with E-state index in [0.29, 0.717) is 12.4 Å². The van der Waals surface area contributed by atoms with E-state index in [9.17, 15) is 4.79 Å². The zero-order valence-electron chi connectivity index (χ0n) is 13.5. The summed E-state index contributed by atoms with van der Waals surface area (Å²) in [5.74, 6) is 0.411. The molecule has 0 saturated carbocycles. The Kier molecular flexibility index (Phi) is 6.18. The topological polar surface area (TPSA) is 115 Å². The van der Waals surface area contributed by atoms with Crippen LogP contribution in [0.3, 0.4) is 0 Å². The molecule has 0 saturated heterocycles. The van der Waals surface area contributed by atoms with Crippen molar-refractivity contribution in [3.8, 4) is 0 Å². The minimum atomic E-state index is -0.506. The quantitative estimate of drug-likeness (QED) is 0.285. The lowest BCUT2D eigenvalue weighted by Gasteiger charge is -2.19. The normalized spacial score (nSPS) is 13.4. The molecule has 7 heteroatoms. The van der Waals surface area contributed by atoms with Crippen molar-refractivity contribution < 1.29 is 9.53 Å². The fourth-order valence-electron chi connectivity index (χ4n) is 1.58. The Balaban J connectivity index is 2.51. The largest absolute Gasteiger partial charge is 0.444 e. The number of nitrogens with one attached hydrogen (secondary N) is 2. The number of alkyl carbamates (subject to hydrolysis) is 1. The third-order valence-corrected chi connectivity index (χ3v) is 2.55. The van der Waals surface area contributed by atoms with Crippen molar-refractivity contribution >= 4 is 11.9 Å². The van der Waals surface area contributed by atoms with Crippen LogP contribution in [-0.4, -0.2) is 17.5 Å². The molecule has 0 aliphatic rings. The summed E-state index contributed by atoms with van der Waals surface area (Å²) in [7, 11) is 0. The molecule has 0 aliphatic carbocycles. The van der Waals surface area contributed by atoms with Gasteiger partial charge in [-0.3, -0.25) is 5.43 Å². The lowest BCUT2D eigenvalue weighted by molar-refractivity contribution is 0.0523. The van der Waals surface area contributed by atoms with Crippen LogP contribution in [-0.2, 0) is 11.3 Å². The van der Waals surface area contributed by atoms with Crippen LogP contribution in [0.5, 0.6) is 0 Å². The van der Waals surface area contributed by atoms with Gasteiger partial charge in [0.1, 0.15) is 17.6 Å². The Morgan fingerprint density at radius 1 is 1.32 bits per heavy atom. The van der Waals surface area contributed by atoms with Crippen molar-refractivity contribution in [2.24, 2.45) is 16.6 Å². The number of rotatable bonds is 5. The number of carbonyl (C=O) groups is 1. The number of amidine groups is 1. The Labute approximate surface area is 131 Å². The van der Waals surface area contributed by atoms with E-state index in [1.807, 2.05) is 45.0 Å². The molecule has 0 heterocycles. The third-order valence-electron chi connectivity index (χ3n) is 2.55. The third kappa shape index (κ3) is 6.94. The molecule has 22 heavy (non-hydrogen) atoms. The summed E-state index contributed by atoms with van der Waals surface area (Å²) in [6.45, 7) is 7.52. The second-order valence-electron chi connectivity index (χ2n) is 5.96. The summed E-state index contributed by atoms with van der Waals surface area (Å²) in [6.07, 6.45) is -0.880. The Bertz CT molecular complexity index is 516. The van der Waals surface area contributed by atoms with Crippen LogP contribution in [0.1, 0.15) is 45.0 Å². The first-order chi connectivity index (χ1) is 10.2. The molecule has 0 aliphatic heterocycles. The highest BCUT2D eigenvalue weighted by Gasteiger charge is 2.15. The molecular weight excluding hydrogens is 282 g/mol. The van der Waals surface area contributed by atoms with Crippen LogP contribution in [0, 0.1) is 0 Å². The van der Waals surface area contributed by atoms with E-state index in [-0.39, 0.29) is 0 Å². The van der Waals surface area contributed by atoms with Crippen molar-refractivity contribution in [2.45, 2.75) is 46.0 Å². The standard InChI is InChI=1S/C15H25N5O2/c1-10(16)19-20-13(17)12-7-5-11(6-8-12)9-18-14(21)22-15(2,3)4/h5-8,13,20H,9,17H2,1-4H3,(H2,16,19)(H,18,21). The fourth-order valence-corrected chi connectivity index (χ4v) is 1.58. The number of hydrazone groups is 1. The lowest BCUT2D eigenvalue weighted by atomic mass is 10.1. The number of hydrogen-bond acceptors (Lipinski definition) is 5. The first-order valence-electron chi connectivity index (χ1n) is 7.04. The molecule has 0 radical (unpaired) electrons. The second kappa shape index (κ2) is 7.65. The second-order valence-corrected chi connectivity index (χ2v) is 5.96. The highest BCUT2D eigenvalue weighted by Crippen LogP contribution is 2.10. The minimum Gasteiger partial charge on any atom is -0.444 e. The molecule has 1 atom stereocenters. The summed E-state index contributed by atoms with van der Waals surface area (Å²) in [5, 5.41) is 6.56. The van der Waals surface area contributed by atoms with Gasteiger partial charge < -0.3 is 21.5 Å². The van der Waals surface area contributed by atoms with Gasteiger partial charge in [-0.2, -0.15) is 5.10 Å². The van der Waals surface area contributed by atoms with Crippen LogP contribution < -0.4 is 22.2 Å². The Morgan fingerprint density at radius 3 is 2.41 bits per heavy atom. The van der Waals surface area contributed by atoms with Gasteiger partial charge in [-0.1, -0.05) is 24.3 Å². The van der Waals surface area contributed by atoms with Crippen LogP contribution in [0.4, 0.5) is 4.79 Å². The van der Waals surface area contributed by atoms with Gasteiger partial charge in [-0.15, -0.1) is 0 Å². The van der Waals surface area contributed by atoms with Gasteiger partial charge in [0, 0.05) is 6.54 Å². The Hall–Kier alpha value is -2.28. The Morgan fingerprint density at radius 2 is 1.91 bits per heavy atom. The van der Waals surface area contributed by atoms with Crippen LogP contribution in [0.15, 0.2) is 29.4 Å². The average Bonchev–Trinajstić information content (AvgIpc) is 2.41. The van der Waals surface area contributed by atoms with Gasteiger partial charge in [0.2, 0.25) is 0 Å². The number of carbonyl (C=O) groups excluding carboxylic acids is 1. The molecule has 1 aromatic rings. The van der Waals surface area contributed by atoms with Gasteiger partial charge in [0.05, 0.1) is 0 Å². The average molecular weight is 307 g/mol. The van der Waals surface area contributed by atoms with Gasteiger partial charge in [0.15, 0.2) is 0 Å². The van der Waals surface area contributed by atoms with Gasteiger partial charge >= 0.3 is 6.09 Å². The van der Waals surface area contributed by atoms with E-state index < -0.39 is 17.9 Å². The van der Waals surface area contributed by atoms with E-state index in [1.165, 1.54) is 0 Å². The SMILES string of the molecule is CC(N)=NNC(N)c1ccc(CNC(=O)OC(C)(C)C)cc1. The molecule has 1 rings (SSSR count). The number of benzene rings is 1. The number of ether oxygens (including phenoxy) is 1. The van der Waals surface area contributed by atoms with Crippen molar-refractivity contribution in [3.05, 3.63) is 35.4 Å². The predicted octanol–water partition coefficient (Wildman–Crippen LogP) is 1.55. The van der Waals surface area contributed by atoms with Crippen molar-refractivity contribution in [2.75, 3.05) is 0 Å². The molecule has 7 nitrogen and oxygen atoms in total. The smallest absolute Gasteiger partial charge is 0.407 e. The summed E-state index contributed by atoms with van der Waals surface area (Å²) in [6, 6.07) is 7.50. The van der Waals surface area contributed by atoms with Crippen molar-refractivity contribution in [1.82, 2.24) is 10.7 Å². The number of nitrogens with zero attached hydrogens (tertiary/aromatic N) is 1. The molecule has 0 aromatic heterocycles. The number of nitrogens with two attached hydrogens (primary N) is 2. The van der Waals surface area contributed by atoms with E-state index in [4.69, 9.17) is 16.2 Å². The molecule has 122 valence electrons. The number of amides is 1. The maximum absolute atomic E-state index is 11.6. The van der Waals surface area contributed by atoms with Crippen molar-refractivity contribution in [3.63, 3.8) is 0 Å². The first kappa shape index (κ1) is 17.8. The molecule has 1 aromatic carbocycles. The van der Waals surface area contributed by atoms with Crippen LogP contribution >= 0.6 is 0 Å². The number of hydrogen-bond donors (Lipinski definition) is 4. The van der Waals surface area contributed by atoms with Crippen LogP contribution in [0.2, 0.25) is 0 Å². The van der Waals surface area contributed by atoms with Gasteiger partial charge in [-0.25, -0.2) is 4.79 Å². The van der Waals surface area contributed by atoms with E-state index in [1.54, 1.807) is 6.92 Å². The summed E-state index contributed by atoms with van der Waals surface area (Å²) in [5.41, 5.74) is 15.4. The van der Waals surface area contributed by atoms with Crippen LogP contribution in [0.25, 0.3) is 0 Å². The van der Waals surface area contributed by atoms with E-state index >= 15 is 0 Å². The van der Waals surface area contributed by atoms with Crippen molar-refractivity contribution in [1.29, 1.82) is 0 Å². The molecule has 1 unspecified atom stereocenters. The summed E-state index contributed by atoms with van der Waals surface area (Å²) < 4.78 is 5.17. The predicted molar refractivity (Wildman–Crippen MR) is 86.9 cm³/mol. The molecule has 0 spiro atoms. The summed E-state index contributed by atoms with van der Waals surface area (Å²) >= 11 is 0. The highest BCUT2D eigenvalue weighted by atomic mass is 16.6. The highest BCUT2D eigenvalue weighted by molar-refractivity contribution is 5.77. The maximum Gasteiger partial charge on any atom is 0.407 e. The maximum atomic E-state index is 11.6. The molecule has 1 amide bonds. The van der Waals surface area contributed by atoms with E-state index in [0.717, 1.165) is 11.1 Å². The van der Waals surface area contributed by atoms with E-state index in [2.05, 4.69) is 15.8 Å². The molecule has 0 bridgehead atoms. The molecular formula is C15H25N5O2. The summed E-state index contributed by atoms with van der Waals surface area (Å²) in [4.78, 5) is 11.6. The molecule has 6 N–H and O–H groups in total. The monoisotopic (exact) mass is 307 g/mol. The first-order valence-corrected chi connectivity index (χ1v) is 7.04.